The number of carbonyl (C=O) groups is 2. The van der Waals surface area contributed by atoms with Gasteiger partial charge in [0.2, 0.25) is 11.8 Å². The van der Waals surface area contributed by atoms with Gasteiger partial charge in [-0.3, -0.25) is 14.5 Å². The second kappa shape index (κ2) is 11.9. The number of nitrogens with one attached hydrogen (secondary N) is 2. The fourth-order valence-electron chi connectivity index (χ4n) is 3.75. The minimum atomic E-state index is -0.855. The molecule has 4 rings (SSSR count). The van der Waals surface area contributed by atoms with Crippen molar-refractivity contribution in [3.05, 3.63) is 76.2 Å². The molecule has 4 N–H and O–H groups in total. The van der Waals surface area contributed by atoms with Crippen LogP contribution < -0.4 is 16.4 Å². The number of benzene rings is 2. The number of halogens is 2. The first kappa shape index (κ1) is 25.5. The number of amides is 2. The second-order valence-electron chi connectivity index (χ2n) is 8.18. The number of rotatable bonds is 9. The number of primary amides is 1. The minimum Gasteiger partial charge on any atom is -0.374 e. The van der Waals surface area contributed by atoms with Crippen LogP contribution in [0.15, 0.2) is 47.9 Å². The van der Waals surface area contributed by atoms with Crippen LogP contribution >= 0.6 is 23.5 Å². The van der Waals surface area contributed by atoms with E-state index < -0.39 is 17.5 Å². The van der Waals surface area contributed by atoms with Gasteiger partial charge in [-0.2, -0.15) is 0 Å². The predicted molar refractivity (Wildman–Crippen MR) is 134 cm³/mol. The van der Waals surface area contributed by atoms with Gasteiger partial charge in [0.05, 0.1) is 18.5 Å². The summed E-state index contributed by atoms with van der Waals surface area (Å²) in [7, 11) is 0. The van der Waals surface area contributed by atoms with Crippen molar-refractivity contribution in [3.8, 4) is 0 Å². The molecule has 2 aliphatic heterocycles. The lowest BCUT2D eigenvalue weighted by Gasteiger charge is -2.33. The highest BCUT2D eigenvalue weighted by Gasteiger charge is 2.23. The number of hydrogen-bond acceptors (Lipinski definition) is 7. The van der Waals surface area contributed by atoms with Gasteiger partial charge >= 0.3 is 0 Å². The molecule has 1 fully saturated rings. The average Bonchev–Trinajstić information content (AvgIpc) is 3.33. The summed E-state index contributed by atoms with van der Waals surface area (Å²) in [5.41, 5.74) is 8.30. The zero-order valence-electron chi connectivity index (χ0n) is 18.8. The summed E-state index contributed by atoms with van der Waals surface area (Å²) in [6.45, 7) is 2.66. The van der Waals surface area contributed by atoms with E-state index in [1.807, 2.05) is 17.5 Å². The van der Waals surface area contributed by atoms with Crippen molar-refractivity contribution < 1.29 is 23.1 Å². The Morgan fingerprint density at radius 1 is 1.20 bits per heavy atom. The summed E-state index contributed by atoms with van der Waals surface area (Å²) in [6.07, 6.45) is -0.168. The molecule has 0 aliphatic carbocycles. The number of hydrogen-bond donors (Lipinski definition) is 3. The Balaban J connectivity index is 1.16. The Morgan fingerprint density at radius 2 is 2.00 bits per heavy atom. The molecule has 1 unspecified atom stereocenters. The van der Waals surface area contributed by atoms with Gasteiger partial charge in [-0.1, -0.05) is 30.0 Å². The molecule has 2 heterocycles. The van der Waals surface area contributed by atoms with Gasteiger partial charge in [0, 0.05) is 37.4 Å². The first-order valence-corrected chi connectivity index (χ1v) is 13.0. The largest absolute Gasteiger partial charge is 0.374 e. The van der Waals surface area contributed by atoms with E-state index in [4.69, 9.17) is 10.5 Å². The maximum Gasteiger partial charge on any atom is 0.248 e. The number of thioether (sulfide) groups is 2. The van der Waals surface area contributed by atoms with Gasteiger partial charge in [0.15, 0.2) is 11.6 Å². The van der Waals surface area contributed by atoms with Gasteiger partial charge in [0.25, 0.3) is 0 Å². The Morgan fingerprint density at radius 3 is 2.74 bits per heavy atom. The van der Waals surface area contributed by atoms with Crippen molar-refractivity contribution in [1.82, 2.24) is 15.5 Å². The van der Waals surface area contributed by atoms with E-state index >= 15 is 0 Å². The molecule has 0 bridgehead atoms. The molecule has 35 heavy (non-hydrogen) atoms. The van der Waals surface area contributed by atoms with Crippen LogP contribution in [0.2, 0.25) is 0 Å². The standard InChI is InChI=1S/C24H26F2N4O3S2/c25-19-6-1-15(9-20(19)26)11-30-7-8-33-18(12-30)10-28-22(31)14-35-24-29-21(13-34-24)16-2-4-17(5-3-16)23(27)32/h1-6,9,13,18,24,29H,7-8,10-12,14H2,(H2,27,32)(H,28,31)/t18-,24?/m0/s1. The summed E-state index contributed by atoms with van der Waals surface area (Å²) < 4.78 is 32.4. The highest BCUT2D eigenvalue weighted by Crippen LogP contribution is 2.33. The quantitative estimate of drug-likeness (QED) is 0.468. The van der Waals surface area contributed by atoms with Gasteiger partial charge in [-0.25, -0.2) is 8.78 Å². The molecule has 2 aromatic rings. The van der Waals surface area contributed by atoms with Crippen molar-refractivity contribution in [2.45, 2.75) is 17.4 Å². The second-order valence-corrected chi connectivity index (χ2v) is 10.5. The molecule has 186 valence electrons. The van der Waals surface area contributed by atoms with Crippen LogP contribution in [0.5, 0.6) is 0 Å². The van der Waals surface area contributed by atoms with Gasteiger partial charge in [0.1, 0.15) is 4.71 Å². The van der Waals surface area contributed by atoms with E-state index in [2.05, 4.69) is 15.5 Å². The van der Waals surface area contributed by atoms with E-state index in [9.17, 15) is 18.4 Å². The molecular weight excluding hydrogens is 494 g/mol. The third-order valence-corrected chi connectivity index (χ3v) is 7.90. The molecule has 0 radical (unpaired) electrons. The zero-order chi connectivity index (χ0) is 24.8. The predicted octanol–water partition coefficient (Wildman–Crippen LogP) is 2.73. The monoisotopic (exact) mass is 520 g/mol. The summed E-state index contributed by atoms with van der Waals surface area (Å²) >= 11 is 3.07. The highest BCUT2D eigenvalue weighted by molar-refractivity contribution is 8.18. The number of nitrogens with two attached hydrogens (primary N) is 1. The molecule has 2 atom stereocenters. The molecule has 2 aromatic carbocycles. The van der Waals surface area contributed by atoms with Crippen LogP contribution in [0.3, 0.4) is 0 Å². The van der Waals surface area contributed by atoms with Crippen LogP contribution in [-0.2, 0) is 16.1 Å². The number of ether oxygens (including phenoxy) is 1. The van der Waals surface area contributed by atoms with Crippen LogP contribution in [0.1, 0.15) is 21.5 Å². The normalized spacial score (nSPS) is 20.2. The minimum absolute atomic E-state index is 0.00379. The summed E-state index contributed by atoms with van der Waals surface area (Å²) in [6, 6.07) is 11.0. The molecule has 2 amide bonds. The van der Waals surface area contributed by atoms with Gasteiger partial charge in [-0.15, -0.1) is 11.8 Å². The molecule has 2 aliphatic rings. The van der Waals surface area contributed by atoms with Crippen molar-refractivity contribution in [2.24, 2.45) is 5.73 Å². The first-order valence-electron chi connectivity index (χ1n) is 11.1. The smallest absolute Gasteiger partial charge is 0.248 e. The van der Waals surface area contributed by atoms with E-state index in [1.165, 1.54) is 17.8 Å². The van der Waals surface area contributed by atoms with Crippen molar-refractivity contribution >= 4 is 41.0 Å². The molecule has 0 aromatic heterocycles. The summed E-state index contributed by atoms with van der Waals surface area (Å²) in [4.78, 5) is 25.7. The molecule has 11 heteroatoms. The topological polar surface area (TPSA) is 96.7 Å². The van der Waals surface area contributed by atoms with Crippen molar-refractivity contribution in [1.29, 1.82) is 0 Å². The molecule has 0 saturated carbocycles. The number of nitrogens with zero attached hydrogens (tertiary/aromatic N) is 1. The third kappa shape index (κ3) is 7.20. The van der Waals surface area contributed by atoms with Crippen LogP contribution in [0, 0.1) is 11.6 Å². The fourth-order valence-corrected chi connectivity index (χ4v) is 5.70. The van der Waals surface area contributed by atoms with Crippen LogP contribution in [-0.4, -0.2) is 59.5 Å². The maximum absolute atomic E-state index is 13.5. The van der Waals surface area contributed by atoms with Gasteiger partial charge in [-0.05, 0) is 40.8 Å². The SMILES string of the molecule is NC(=O)c1ccc(C2=CSC(SCC(=O)NC[C@H]3CN(Cc4ccc(F)c(F)c4)CCO3)N2)cc1. The molecule has 1 saturated heterocycles. The Bertz CT molecular complexity index is 1100. The molecule has 7 nitrogen and oxygen atoms in total. The lowest BCUT2D eigenvalue weighted by atomic mass is 10.1. The Labute approximate surface area is 210 Å². The fraction of sp³-hybridized carbons (Fsp3) is 0.333. The van der Waals surface area contributed by atoms with Crippen molar-refractivity contribution in [3.63, 3.8) is 0 Å². The molecule has 0 spiro atoms. The summed E-state index contributed by atoms with van der Waals surface area (Å²) in [5.74, 6) is -1.97. The third-order valence-electron chi connectivity index (χ3n) is 5.57. The number of morpholine rings is 1. The zero-order valence-corrected chi connectivity index (χ0v) is 20.5. The maximum atomic E-state index is 13.5. The van der Waals surface area contributed by atoms with Crippen LogP contribution in [0.25, 0.3) is 5.70 Å². The lowest BCUT2D eigenvalue weighted by Crippen LogP contribution is -2.47. The van der Waals surface area contributed by atoms with Crippen LogP contribution in [0.4, 0.5) is 8.78 Å². The number of carbonyl (C=O) groups excluding carboxylic acids is 2. The summed E-state index contributed by atoms with van der Waals surface area (Å²) in [5, 5.41) is 8.27. The Hall–Kier alpha value is -2.60. The van der Waals surface area contributed by atoms with E-state index in [-0.39, 0.29) is 22.5 Å². The Kier molecular flexibility index (Phi) is 8.66. The lowest BCUT2D eigenvalue weighted by molar-refractivity contribution is -0.119. The van der Waals surface area contributed by atoms with Gasteiger partial charge < -0.3 is 21.1 Å². The van der Waals surface area contributed by atoms with E-state index in [0.29, 0.717) is 43.9 Å². The first-order chi connectivity index (χ1) is 16.9. The van der Waals surface area contributed by atoms with E-state index in [1.54, 1.807) is 30.0 Å². The van der Waals surface area contributed by atoms with E-state index in [0.717, 1.165) is 17.3 Å². The highest BCUT2D eigenvalue weighted by atomic mass is 32.2. The molecular formula is C24H26F2N4O3S2. The van der Waals surface area contributed by atoms with Crippen molar-refractivity contribution in [2.75, 3.05) is 32.0 Å². The average molecular weight is 521 g/mol.